The summed E-state index contributed by atoms with van der Waals surface area (Å²) in [6, 6.07) is 0.602. The first kappa shape index (κ1) is 28.8. The first-order chi connectivity index (χ1) is 17.5. The second-order valence-electron chi connectivity index (χ2n) is 13.1. The van der Waals surface area contributed by atoms with E-state index >= 15 is 0 Å². The number of aliphatic hydroxyl groups excluding tert-OH is 4. The molecule has 5 N–H and O–H groups in total. The molecular weight excluding hydrogens is 452 g/mol. The van der Waals surface area contributed by atoms with Gasteiger partial charge in [0.05, 0.1) is 25.4 Å². The van der Waals surface area contributed by atoms with Gasteiger partial charge in [-0.15, -0.1) is 0 Å². The van der Waals surface area contributed by atoms with Crippen molar-refractivity contribution in [1.82, 2.24) is 10.2 Å². The van der Waals surface area contributed by atoms with E-state index in [1.165, 1.54) is 89.9 Å². The molecule has 4 unspecified atom stereocenters. The van der Waals surface area contributed by atoms with Gasteiger partial charge in [0.2, 0.25) is 0 Å². The summed E-state index contributed by atoms with van der Waals surface area (Å²) in [4.78, 5) is 1.97. The van der Waals surface area contributed by atoms with Gasteiger partial charge in [0.1, 0.15) is 0 Å². The summed E-state index contributed by atoms with van der Waals surface area (Å²) in [5.41, 5.74) is 0. The lowest BCUT2D eigenvalue weighted by Gasteiger charge is -2.44. The molecule has 6 rings (SSSR count). The van der Waals surface area contributed by atoms with Crippen molar-refractivity contribution in [3.63, 3.8) is 0 Å². The molecule has 6 saturated carbocycles. The number of aliphatic hydroxyl groups is 4. The van der Waals surface area contributed by atoms with E-state index in [9.17, 15) is 20.4 Å². The van der Waals surface area contributed by atoms with Crippen LogP contribution in [0.5, 0.6) is 0 Å². The minimum absolute atomic E-state index is 0.280. The van der Waals surface area contributed by atoms with Crippen LogP contribution < -0.4 is 5.32 Å². The van der Waals surface area contributed by atoms with E-state index in [4.69, 9.17) is 0 Å². The zero-order chi connectivity index (χ0) is 25.3. The zero-order valence-electron chi connectivity index (χ0n) is 22.8. The summed E-state index contributed by atoms with van der Waals surface area (Å²) in [7, 11) is 0. The lowest BCUT2D eigenvalue weighted by molar-refractivity contribution is 0.0229. The number of fused-ring (bicyclic) bond motifs is 6. The van der Waals surface area contributed by atoms with Crippen LogP contribution in [0.15, 0.2) is 0 Å². The largest absolute Gasteiger partial charge is 0.394 e. The molecule has 0 aliphatic heterocycles. The molecule has 0 radical (unpaired) electrons. The molecule has 0 aromatic heterocycles. The first-order valence-corrected chi connectivity index (χ1v) is 15.6. The second-order valence-corrected chi connectivity index (χ2v) is 13.1. The Morgan fingerprint density at radius 1 is 0.694 bits per heavy atom. The summed E-state index contributed by atoms with van der Waals surface area (Å²) >= 11 is 0. The standard InChI is InChI=1S/C30H56N2O4/c33-20-29(35)18-32(19-30(36)21-34)15-1-14-31-28(12-10-26-16-22-2-6-24(26)7-3-22)13-11-27-17-23-4-8-25(27)9-5-23/h22-31,33-36H,1-21H2. The molecule has 0 amide bonds. The van der Waals surface area contributed by atoms with E-state index in [-0.39, 0.29) is 13.2 Å². The molecule has 0 aromatic carbocycles. The molecule has 6 heteroatoms. The molecule has 36 heavy (non-hydrogen) atoms. The minimum atomic E-state index is -0.812. The van der Waals surface area contributed by atoms with Crippen LogP contribution in [0.4, 0.5) is 0 Å². The average Bonchev–Trinajstić information content (AvgIpc) is 2.93. The van der Waals surface area contributed by atoms with E-state index in [1.807, 2.05) is 4.90 Å². The van der Waals surface area contributed by atoms with Crippen LogP contribution in [-0.2, 0) is 0 Å². The van der Waals surface area contributed by atoms with E-state index in [0.29, 0.717) is 19.1 Å². The van der Waals surface area contributed by atoms with Gasteiger partial charge in [-0.25, -0.2) is 0 Å². The topological polar surface area (TPSA) is 96.2 Å². The first-order valence-electron chi connectivity index (χ1n) is 15.6. The van der Waals surface area contributed by atoms with E-state index in [0.717, 1.165) is 55.0 Å². The van der Waals surface area contributed by atoms with Gasteiger partial charge in [0.25, 0.3) is 0 Å². The van der Waals surface area contributed by atoms with Gasteiger partial charge < -0.3 is 25.7 Å². The third-order valence-electron chi connectivity index (χ3n) is 10.6. The van der Waals surface area contributed by atoms with E-state index in [1.54, 1.807) is 0 Å². The molecular formula is C30H56N2O4. The highest BCUT2D eigenvalue weighted by Crippen LogP contribution is 2.48. The van der Waals surface area contributed by atoms with Crippen LogP contribution >= 0.6 is 0 Å². The highest BCUT2D eigenvalue weighted by Gasteiger charge is 2.37. The highest BCUT2D eigenvalue weighted by molar-refractivity contribution is 4.89. The van der Waals surface area contributed by atoms with Crippen LogP contribution in [0.3, 0.4) is 0 Å². The van der Waals surface area contributed by atoms with Crippen molar-refractivity contribution in [2.45, 2.75) is 115 Å². The van der Waals surface area contributed by atoms with Crippen LogP contribution in [0.25, 0.3) is 0 Å². The second kappa shape index (κ2) is 14.8. The van der Waals surface area contributed by atoms with Gasteiger partial charge in [-0.05, 0) is 119 Å². The molecule has 0 aromatic rings. The fraction of sp³-hybridized carbons (Fsp3) is 1.00. The quantitative estimate of drug-likeness (QED) is 0.193. The summed E-state index contributed by atoms with van der Waals surface area (Å²) < 4.78 is 0. The van der Waals surface area contributed by atoms with E-state index < -0.39 is 12.2 Å². The van der Waals surface area contributed by atoms with Crippen molar-refractivity contribution >= 4 is 0 Å². The van der Waals surface area contributed by atoms with Crippen molar-refractivity contribution in [1.29, 1.82) is 0 Å². The molecule has 4 atom stereocenters. The Balaban J connectivity index is 1.23. The third kappa shape index (κ3) is 8.64. The molecule has 210 valence electrons. The molecule has 0 spiro atoms. The Bertz CT molecular complexity index is 560. The normalized spacial score (nSPS) is 34.2. The summed E-state index contributed by atoms with van der Waals surface area (Å²) in [5.74, 6) is 5.94. The number of nitrogens with one attached hydrogen (secondary N) is 1. The van der Waals surface area contributed by atoms with Crippen molar-refractivity contribution in [2.75, 3.05) is 39.4 Å². The maximum absolute atomic E-state index is 9.88. The Morgan fingerprint density at radius 2 is 1.17 bits per heavy atom. The van der Waals surface area contributed by atoms with Crippen molar-refractivity contribution < 1.29 is 20.4 Å². The van der Waals surface area contributed by atoms with Gasteiger partial charge in [0, 0.05) is 19.1 Å². The Morgan fingerprint density at radius 3 is 1.56 bits per heavy atom. The maximum atomic E-state index is 9.88. The molecule has 6 aliphatic carbocycles. The summed E-state index contributed by atoms with van der Waals surface area (Å²) in [6.07, 6.45) is 19.6. The smallest absolute Gasteiger partial charge is 0.0897 e. The van der Waals surface area contributed by atoms with Gasteiger partial charge in [-0.2, -0.15) is 0 Å². The van der Waals surface area contributed by atoms with Gasteiger partial charge >= 0.3 is 0 Å². The Hall–Kier alpha value is -0.240. The van der Waals surface area contributed by atoms with Crippen molar-refractivity contribution in [3.8, 4) is 0 Å². The van der Waals surface area contributed by atoms with Crippen molar-refractivity contribution in [2.24, 2.45) is 35.5 Å². The molecule has 0 heterocycles. The molecule has 6 aliphatic rings. The average molecular weight is 509 g/mol. The Kier molecular flexibility index (Phi) is 11.8. The predicted molar refractivity (Wildman–Crippen MR) is 145 cm³/mol. The predicted octanol–water partition coefficient (Wildman–Crippen LogP) is 3.56. The number of hydrogen-bond acceptors (Lipinski definition) is 6. The van der Waals surface area contributed by atoms with Crippen LogP contribution in [0.2, 0.25) is 0 Å². The Labute approximate surface area is 220 Å². The van der Waals surface area contributed by atoms with Crippen LogP contribution in [-0.4, -0.2) is 83.0 Å². The lowest BCUT2D eigenvalue weighted by Crippen LogP contribution is -2.42. The fourth-order valence-corrected chi connectivity index (χ4v) is 8.50. The SMILES string of the molecule is OCC(O)CN(CCCNC(CCC1CC2CCC1CC2)CCC1CC2CCC1CC2)CC(O)CO. The highest BCUT2D eigenvalue weighted by atomic mass is 16.3. The van der Waals surface area contributed by atoms with E-state index in [2.05, 4.69) is 5.32 Å². The minimum Gasteiger partial charge on any atom is -0.394 e. The van der Waals surface area contributed by atoms with Gasteiger partial charge in [0.15, 0.2) is 0 Å². The van der Waals surface area contributed by atoms with Crippen molar-refractivity contribution in [3.05, 3.63) is 0 Å². The monoisotopic (exact) mass is 508 g/mol. The summed E-state index contributed by atoms with van der Waals surface area (Å²) in [5, 5.41) is 42.2. The summed E-state index contributed by atoms with van der Waals surface area (Å²) in [6.45, 7) is 1.78. The number of rotatable bonds is 17. The van der Waals surface area contributed by atoms with Crippen LogP contribution in [0.1, 0.15) is 96.3 Å². The number of nitrogens with zero attached hydrogens (tertiary/aromatic N) is 1. The molecule has 4 bridgehead atoms. The zero-order valence-corrected chi connectivity index (χ0v) is 22.8. The molecule has 6 fully saturated rings. The third-order valence-corrected chi connectivity index (χ3v) is 10.6. The number of hydrogen-bond donors (Lipinski definition) is 5. The molecule has 0 saturated heterocycles. The fourth-order valence-electron chi connectivity index (χ4n) is 8.50. The van der Waals surface area contributed by atoms with Gasteiger partial charge in [-0.3, -0.25) is 4.90 Å². The molecule has 6 nitrogen and oxygen atoms in total. The van der Waals surface area contributed by atoms with Gasteiger partial charge in [-0.1, -0.05) is 25.7 Å². The lowest BCUT2D eigenvalue weighted by atomic mass is 9.63. The van der Waals surface area contributed by atoms with Crippen LogP contribution in [0, 0.1) is 35.5 Å². The maximum Gasteiger partial charge on any atom is 0.0897 e.